The second-order valence-electron chi connectivity index (χ2n) is 6.56. The van der Waals surface area contributed by atoms with Crippen molar-refractivity contribution in [3.8, 4) is 0 Å². The number of aromatic nitrogens is 2. The molecule has 2 aromatic rings. The van der Waals surface area contributed by atoms with Crippen molar-refractivity contribution >= 4 is 51.8 Å². The van der Waals surface area contributed by atoms with Crippen molar-refractivity contribution < 1.29 is 0 Å². The first-order chi connectivity index (χ1) is 11.1. The predicted molar refractivity (Wildman–Crippen MR) is 105 cm³/mol. The van der Waals surface area contributed by atoms with Crippen molar-refractivity contribution in [2.24, 2.45) is 0 Å². The van der Waals surface area contributed by atoms with Crippen LogP contribution >= 0.6 is 22.9 Å². The number of nitrogens with zero attached hydrogens (tertiary/aromatic N) is 2. The van der Waals surface area contributed by atoms with Gasteiger partial charge in [-0.3, -0.25) is 0 Å². The molecule has 0 saturated carbocycles. The fourth-order valence-electron chi connectivity index (χ4n) is 3.20. The molecule has 0 amide bonds. The van der Waals surface area contributed by atoms with Crippen molar-refractivity contribution in [3.63, 3.8) is 0 Å². The van der Waals surface area contributed by atoms with Gasteiger partial charge in [-0.05, 0) is 0 Å². The van der Waals surface area contributed by atoms with E-state index < -0.39 is 21.1 Å². The Bertz CT molecular complexity index is 571. The van der Waals surface area contributed by atoms with E-state index in [2.05, 4.69) is 36.4 Å². The molecule has 0 unspecified atom stereocenters. The third-order valence-electron chi connectivity index (χ3n) is 4.58. The molecule has 0 aliphatic rings. The van der Waals surface area contributed by atoms with E-state index in [4.69, 9.17) is 11.6 Å². The minimum atomic E-state index is -0.637. The van der Waals surface area contributed by atoms with Gasteiger partial charge in [0.1, 0.15) is 0 Å². The molecule has 128 valence electrons. The van der Waals surface area contributed by atoms with Gasteiger partial charge in [-0.1, -0.05) is 0 Å². The number of halogens is 1. The number of hydrogen-bond acceptors (Lipinski definition) is 2. The van der Waals surface area contributed by atoms with Crippen molar-refractivity contribution in [2.75, 3.05) is 0 Å². The van der Waals surface area contributed by atoms with Gasteiger partial charge in [-0.25, -0.2) is 0 Å². The van der Waals surface area contributed by atoms with Crippen LogP contribution in [0.5, 0.6) is 0 Å². The topological polar surface area (TPSA) is 17.3 Å². The molecular weight excluding hydrogens is 430 g/mol. The summed E-state index contributed by atoms with van der Waals surface area (Å²) in [6.07, 6.45) is 16.6. The van der Waals surface area contributed by atoms with E-state index in [0.29, 0.717) is 8.58 Å². The summed E-state index contributed by atoms with van der Waals surface area (Å²) in [5.74, 6) is 0. The Morgan fingerprint density at radius 1 is 1.09 bits per heavy atom. The molecule has 0 aliphatic heterocycles. The zero-order valence-corrected chi connectivity index (χ0v) is 19.1. The van der Waals surface area contributed by atoms with Crippen LogP contribution in [0.15, 0.2) is 12.5 Å². The van der Waals surface area contributed by atoms with Crippen LogP contribution in [0, 0.1) is 0 Å². The van der Waals surface area contributed by atoms with Gasteiger partial charge in [0.2, 0.25) is 0 Å². The van der Waals surface area contributed by atoms with E-state index in [0.717, 1.165) is 4.83 Å². The Hall–Kier alpha value is 0.259. The number of fused-ring (bicyclic) bond motifs is 1. The Balaban J connectivity index is 2.21. The van der Waals surface area contributed by atoms with Gasteiger partial charge >= 0.3 is 161 Å². The zero-order valence-electron chi connectivity index (χ0n) is 14.7. The second kappa shape index (κ2) is 9.67. The Kier molecular flexibility index (Phi) is 8.23. The summed E-state index contributed by atoms with van der Waals surface area (Å²) >= 11 is 7.47. The molecule has 2 heterocycles. The van der Waals surface area contributed by atoms with Gasteiger partial charge in [-0.15, -0.1) is 0 Å². The van der Waals surface area contributed by atoms with Gasteiger partial charge in [0, 0.05) is 0 Å². The molecule has 5 heteroatoms. The minimum absolute atomic E-state index is 0.637. The number of imidazole rings is 1. The molecule has 23 heavy (non-hydrogen) atoms. The van der Waals surface area contributed by atoms with E-state index in [1.165, 1.54) is 57.8 Å². The van der Waals surface area contributed by atoms with Crippen LogP contribution in [0.3, 0.4) is 0 Å². The third-order valence-corrected chi connectivity index (χ3v) is 12.2. The average molecular weight is 460 g/mol. The Morgan fingerprint density at radius 3 is 2.13 bits per heavy atom. The Labute approximate surface area is 160 Å². The van der Waals surface area contributed by atoms with Crippen LogP contribution in [0.1, 0.15) is 78.6 Å². The predicted octanol–water partition coefficient (Wildman–Crippen LogP) is 6.11. The quantitative estimate of drug-likeness (QED) is 0.371. The van der Waals surface area contributed by atoms with Crippen LogP contribution < -0.4 is 2.89 Å². The van der Waals surface area contributed by atoms with Gasteiger partial charge < -0.3 is 0 Å². The van der Waals surface area contributed by atoms with Crippen LogP contribution in [0.25, 0.3) is 4.83 Å². The molecule has 0 atom stereocenters. The number of rotatable bonds is 11. The van der Waals surface area contributed by atoms with E-state index in [1.807, 2.05) is 17.7 Å². The molecule has 0 saturated heterocycles. The van der Waals surface area contributed by atoms with Crippen molar-refractivity contribution in [1.29, 1.82) is 0 Å². The third kappa shape index (κ3) is 5.37. The molecule has 2 radical (unpaired) electrons. The SMILES string of the molecule is CCCC[C](CCCC)(CCCC)[Sn][c]1cn2cnc(Cl)c2s1. The summed E-state index contributed by atoms with van der Waals surface area (Å²) in [5.41, 5.74) is 0. The van der Waals surface area contributed by atoms with Gasteiger partial charge in [0.05, 0.1) is 0 Å². The van der Waals surface area contributed by atoms with Crippen molar-refractivity contribution in [2.45, 2.75) is 82.0 Å². The fourth-order valence-corrected chi connectivity index (χ4v) is 11.6. The molecule has 2 rings (SSSR count). The van der Waals surface area contributed by atoms with E-state index in [1.54, 1.807) is 2.89 Å². The number of hydrogen-bond donors (Lipinski definition) is 0. The molecular formula is C18H29ClN2SSn. The first-order valence-corrected chi connectivity index (χ1v) is 13.1. The van der Waals surface area contributed by atoms with Crippen LogP contribution in [0.4, 0.5) is 0 Å². The van der Waals surface area contributed by atoms with E-state index in [-0.39, 0.29) is 0 Å². The van der Waals surface area contributed by atoms with Crippen molar-refractivity contribution in [1.82, 2.24) is 9.38 Å². The first-order valence-electron chi connectivity index (χ1n) is 9.04. The fraction of sp³-hybridized carbons (Fsp3) is 0.722. The van der Waals surface area contributed by atoms with Gasteiger partial charge in [-0.2, -0.15) is 0 Å². The van der Waals surface area contributed by atoms with Crippen molar-refractivity contribution in [3.05, 3.63) is 17.7 Å². The zero-order chi connectivity index (χ0) is 16.7. The number of thiazole rings is 1. The normalized spacial score (nSPS) is 12.3. The molecule has 2 nitrogen and oxygen atoms in total. The molecule has 2 aromatic heterocycles. The van der Waals surface area contributed by atoms with E-state index in [9.17, 15) is 0 Å². The van der Waals surface area contributed by atoms with Crippen LogP contribution in [0.2, 0.25) is 8.58 Å². The molecule has 0 N–H and O–H groups in total. The Morgan fingerprint density at radius 2 is 1.65 bits per heavy atom. The summed E-state index contributed by atoms with van der Waals surface area (Å²) in [5, 5.41) is 0.668. The summed E-state index contributed by atoms with van der Waals surface area (Å²) in [6.45, 7) is 6.99. The molecule has 0 spiro atoms. The van der Waals surface area contributed by atoms with Gasteiger partial charge in [0.15, 0.2) is 0 Å². The van der Waals surface area contributed by atoms with Crippen LogP contribution in [-0.2, 0) is 0 Å². The maximum absolute atomic E-state index is 6.21. The monoisotopic (exact) mass is 460 g/mol. The summed E-state index contributed by atoms with van der Waals surface area (Å²) in [4.78, 5) is 5.34. The standard InChI is InChI=1S/C13H27.C5H2ClN2S.Sn/c1-4-7-10-13(11-8-5-2)12-9-6-3;6-4-5-8(3-7-4)1-2-9-5;/h4-12H2,1-3H3;1,3H;. The number of unbranched alkanes of at least 4 members (excludes halogenated alkanes) is 3. The average Bonchev–Trinajstić information content (AvgIpc) is 3.10. The summed E-state index contributed by atoms with van der Waals surface area (Å²) < 4.78 is 4.41. The maximum atomic E-state index is 6.21. The summed E-state index contributed by atoms with van der Waals surface area (Å²) in [6, 6.07) is 0. The molecule has 0 aliphatic carbocycles. The molecule has 0 bridgehead atoms. The second-order valence-corrected chi connectivity index (χ2v) is 14.3. The summed E-state index contributed by atoms with van der Waals surface area (Å²) in [7, 11) is 0. The van der Waals surface area contributed by atoms with Gasteiger partial charge in [0.25, 0.3) is 0 Å². The van der Waals surface area contributed by atoms with E-state index >= 15 is 0 Å². The van der Waals surface area contributed by atoms with Crippen LogP contribution in [-0.4, -0.2) is 30.5 Å². The molecule has 0 fully saturated rings. The first kappa shape index (κ1) is 19.6. The molecule has 0 aromatic carbocycles.